The van der Waals surface area contributed by atoms with E-state index in [1.165, 1.54) is 6.92 Å². The van der Waals surface area contributed by atoms with E-state index in [1.54, 1.807) is 0 Å². The molecule has 0 aromatic heterocycles. The number of urea groups is 1. The van der Waals surface area contributed by atoms with Crippen molar-refractivity contribution in [1.29, 1.82) is 0 Å². The number of aliphatic carboxylic acids is 1. The molecule has 0 radical (unpaired) electrons. The van der Waals surface area contributed by atoms with Crippen LogP contribution in [0.25, 0.3) is 0 Å². The molecule has 1 spiro atoms. The van der Waals surface area contributed by atoms with Gasteiger partial charge in [0, 0.05) is 26.2 Å². The number of imide groups is 1. The maximum atomic E-state index is 12.5. The van der Waals surface area contributed by atoms with Crippen LogP contribution in [0.4, 0.5) is 4.79 Å². The lowest BCUT2D eigenvalue weighted by Gasteiger charge is -2.37. The van der Waals surface area contributed by atoms with Crippen LogP contribution in [0.5, 0.6) is 0 Å². The van der Waals surface area contributed by atoms with Gasteiger partial charge in [-0.2, -0.15) is 0 Å². The van der Waals surface area contributed by atoms with Gasteiger partial charge in [0.2, 0.25) is 0 Å². The molecule has 2 aliphatic heterocycles. The molecule has 3 N–H and O–H groups in total. The van der Waals surface area contributed by atoms with Gasteiger partial charge in [-0.25, -0.2) is 14.5 Å². The lowest BCUT2D eigenvalue weighted by Crippen LogP contribution is -2.55. The number of carbonyl (C=O) groups excluding carboxylic acids is 2. The van der Waals surface area contributed by atoms with E-state index in [0.717, 1.165) is 11.4 Å². The standard InChI is InChI=1S/C13H21N3O5/c1-9(10(18)19)16-11(20)13(14-12(16)21)3-6-15(7-4-13)5-2-8-17/h9,17H,2-8H2,1H3,(H,14,21)(H,18,19). The highest BCUT2D eigenvalue weighted by atomic mass is 16.4. The molecule has 0 bridgehead atoms. The summed E-state index contributed by atoms with van der Waals surface area (Å²) < 4.78 is 0. The topological polar surface area (TPSA) is 110 Å². The molecule has 8 heteroatoms. The molecule has 2 aliphatic rings. The number of piperidine rings is 1. The second-order valence-electron chi connectivity index (χ2n) is 5.62. The number of aliphatic hydroxyl groups excluding tert-OH is 1. The smallest absolute Gasteiger partial charge is 0.326 e. The number of hydrogen-bond acceptors (Lipinski definition) is 5. The quantitative estimate of drug-likeness (QED) is 0.575. The van der Waals surface area contributed by atoms with Crippen LogP contribution in [-0.2, 0) is 9.59 Å². The van der Waals surface area contributed by atoms with E-state index in [0.29, 0.717) is 32.4 Å². The van der Waals surface area contributed by atoms with Crippen LogP contribution in [0, 0.1) is 0 Å². The Labute approximate surface area is 122 Å². The summed E-state index contributed by atoms with van der Waals surface area (Å²) in [6.45, 7) is 3.49. The molecule has 0 aliphatic carbocycles. The monoisotopic (exact) mass is 299 g/mol. The molecule has 0 saturated carbocycles. The molecule has 0 aromatic rings. The molecule has 2 rings (SSSR count). The number of carboxylic acids is 1. The second kappa shape index (κ2) is 5.98. The Morgan fingerprint density at radius 2 is 2.00 bits per heavy atom. The summed E-state index contributed by atoms with van der Waals surface area (Å²) in [6, 6.07) is -1.79. The Hall–Kier alpha value is -1.67. The first kappa shape index (κ1) is 15.7. The van der Waals surface area contributed by atoms with Crippen LogP contribution >= 0.6 is 0 Å². The van der Waals surface area contributed by atoms with Gasteiger partial charge in [0.25, 0.3) is 5.91 Å². The zero-order valence-corrected chi connectivity index (χ0v) is 12.0. The molecule has 21 heavy (non-hydrogen) atoms. The summed E-state index contributed by atoms with van der Waals surface area (Å²) in [5.74, 6) is -1.64. The maximum absolute atomic E-state index is 12.5. The van der Waals surface area contributed by atoms with Crippen molar-refractivity contribution >= 4 is 17.9 Å². The predicted octanol–water partition coefficient (Wildman–Crippen LogP) is -0.772. The highest BCUT2D eigenvalue weighted by Crippen LogP contribution is 2.30. The molecule has 1 unspecified atom stereocenters. The molecule has 0 aromatic carbocycles. The van der Waals surface area contributed by atoms with Gasteiger partial charge in [-0.3, -0.25) is 4.79 Å². The van der Waals surface area contributed by atoms with Crippen molar-refractivity contribution in [1.82, 2.24) is 15.1 Å². The lowest BCUT2D eigenvalue weighted by molar-refractivity contribution is -0.147. The first-order valence-corrected chi connectivity index (χ1v) is 7.13. The van der Waals surface area contributed by atoms with Crippen molar-refractivity contribution < 1.29 is 24.6 Å². The first-order chi connectivity index (χ1) is 9.91. The lowest BCUT2D eigenvalue weighted by atomic mass is 9.87. The van der Waals surface area contributed by atoms with E-state index in [-0.39, 0.29) is 6.61 Å². The van der Waals surface area contributed by atoms with E-state index in [1.807, 2.05) is 0 Å². The average molecular weight is 299 g/mol. The van der Waals surface area contributed by atoms with Gasteiger partial charge in [-0.15, -0.1) is 0 Å². The number of hydrogen-bond donors (Lipinski definition) is 3. The minimum absolute atomic E-state index is 0.126. The number of likely N-dealkylation sites (tertiary alicyclic amines) is 1. The van der Waals surface area contributed by atoms with Crippen LogP contribution in [0.1, 0.15) is 26.2 Å². The number of aliphatic hydroxyl groups is 1. The van der Waals surface area contributed by atoms with Crippen LogP contribution in [0.3, 0.4) is 0 Å². The summed E-state index contributed by atoms with van der Waals surface area (Å²) in [4.78, 5) is 38.4. The van der Waals surface area contributed by atoms with Gasteiger partial charge in [-0.05, 0) is 26.2 Å². The fraction of sp³-hybridized carbons (Fsp3) is 0.769. The van der Waals surface area contributed by atoms with Gasteiger partial charge in [0.15, 0.2) is 0 Å². The van der Waals surface area contributed by atoms with Crippen molar-refractivity contribution in [3.05, 3.63) is 0 Å². The van der Waals surface area contributed by atoms with Gasteiger partial charge >= 0.3 is 12.0 Å². The molecule has 2 heterocycles. The summed E-state index contributed by atoms with van der Waals surface area (Å²) in [6.07, 6.45) is 1.60. The fourth-order valence-corrected chi connectivity index (χ4v) is 2.89. The fourth-order valence-electron chi connectivity index (χ4n) is 2.89. The van der Waals surface area contributed by atoms with Crippen molar-refractivity contribution in [3.63, 3.8) is 0 Å². The van der Waals surface area contributed by atoms with E-state index in [9.17, 15) is 14.4 Å². The van der Waals surface area contributed by atoms with Crippen molar-refractivity contribution in [2.24, 2.45) is 0 Å². The molecule has 3 amide bonds. The van der Waals surface area contributed by atoms with E-state index in [2.05, 4.69) is 10.2 Å². The van der Waals surface area contributed by atoms with Gasteiger partial charge in [0.05, 0.1) is 0 Å². The zero-order valence-electron chi connectivity index (χ0n) is 12.0. The largest absolute Gasteiger partial charge is 0.480 e. The van der Waals surface area contributed by atoms with Crippen LogP contribution in [0.15, 0.2) is 0 Å². The average Bonchev–Trinajstić information content (AvgIpc) is 2.69. The Morgan fingerprint density at radius 1 is 1.38 bits per heavy atom. The summed E-state index contributed by atoms with van der Waals surface area (Å²) >= 11 is 0. The van der Waals surface area contributed by atoms with E-state index in [4.69, 9.17) is 10.2 Å². The predicted molar refractivity (Wildman–Crippen MR) is 72.6 cm³/mol. The third-order valence-corrected chi connectivity index (χ3v) is 4.28. The zero-order chi connectivity index (χ0) is 15.6. The van der Waals surface area contributed by atoms with Crippen molar-refractivity contribution in [2.45, 2.75) is 37.8 Å². The van der Waals surface area contributed by atoms with Crippen molar-refractivity contribution in [3.8, 4) is 0 Å². The minimum atomic E-state index is -1.20. The van der Waals surface area contributed by atoms with Crippen LogP contribution < -0.4 is 5.32 Å². The molecular weight excluding hydrogens is 278 g/mol. The van der Waals surface area contributed by atoms with Gasteiger partial charge in [-0.1, -0.05) is 0 Å². The molecular formula is C13H21N3O5. The molecule has 8 nitrogen and oxygen atoms in total. The van der Waals surface area contributed by atoms with E-state index < -0.39 is 29.5 Å². The Balaban J connectivity index is 2.04. The Bertz CT molecular complexity index is 445. The summed E-state index contributed by atoms with van der Waals surface area (Å²) in [5.41, 5.74) is -0.962. The number of nitrogens with one attached hydrogen (secondary N) is 1. The number of carbonyl (C=O) groups is 3. The number of nitrogens with zero attached hydrogens (tertiary/aromatic N) is 2. The SMILES string of the molecule is CC(C(=O)O)N1C(=O)NC2(CCN(CCCO)CC2)C1=O. The highest BCUT2D eigenvalue weighted by molar-refractivity contribution is 6.09. The highest BCUT2D eigenvalue weighted by Gasteiger charge is 2.54. The Kier molecular flexibility index (Phi) is 4.48. The van der Waals surface area contributed by atoms with Gasteiger partial charge < -0.3 is 20.4 Å². The number of rotatable bonds is 5. The van der Waals surface area contributed by atoms with Crippen LogP contribution in [-0.4, -0.2) is 75.7 Å². The molecule has 2 fully saturated rings. The minimum Gasteiger partial charge on any atom is -0.480 e. The Morgan fingerprint density at radius 3 is 2.52 bits per heavy atom. The van der Waals surface area contributed by atoms with Crippen molar-refractivity contribution in [2.75, 3.05) is 26.2 Å². The maximum Gasteiger partial charge on any atom is 0.326 e. The normalized spacial score (nSPS) is 23.4. The second-order valence-corrected chi connectivity index (χ2v) is 5.62. The summed E-state index contributed by atoms with van der Waals surface area (Å²) in [5, 5.41) is 20.5. The third-order valence-electron chi connectivity index (χ3n) is 4.28. The number of carboxylic acid groups (broad SMARTS) is 1. The molecule has 1 atom stereocenters. The van der Waals surface area contributed by atoms with Gasteiger partial charge in [0.1, 0.15) is 11.6 Å². The van der Waals surface area contributed by atoms with E-state index >= 15 is 0 Å². The molecule has 2 saturated heterocycles. The molecule has 118 valence electrons. The summed E-state index contributed by atoms with van der Waals surface area (Å²) in [7, 11) is 0. The third kappa shape index (κ3) is 2.86. The van der Waals surface area contributed by atoms with Crippen LogP contribution in [0.2, 0.25) is 0 Å². The number of amides is 3. The first-order valence-electron chi connectivity index (χ1n) is 7.13.